The highest BCUT2D eigenvalue weighted by atomic mass is 16.3. The van der Waals surface area contributed by atoms with Crippen LogP contribution in [-0.2, 0) is 0 Å². The monoisotopic (exact) mass is 320 g/mol. The fraction of sp³-hybridized carbons (Fsp3) is 0. The molecule has 1 nitrogen and oxygen atoms in total. The Hall–Kier alpha value is -3.32. The van der Waals surface area contributed by atoms with Crippen molar-refractivity contribution in [3.8, 4) is 22.3 Å². The summed E-state index contributed by atoms with van der Waals surface area (Å²) in [7, 11) is 0. The third-order valence-electron chi connectivity index (χ3n) is 4.70. The molecule has 0 aliphatic carbocycles. The molecule has 25 heavy (non-hydrogen) atoms. The lowest BCUT2D eigenvalue weighted by molar-refractivity contribution is 0.669. The molecular formula is C24H16O. The van der Waals surface area contributed by atoms with Gasteiger partial charge in [-0.3, -0.25) is 0 Å². The molecule has 0 atom stereocenters. The first-order valence-corrected chi connectivity index (χ1v) is 8.46. The van der Waals surface area contributed by atoms with Crippen LogP contribution in [0.3, 0.4) is 0 Å². The highest BCUT2D eigenvalue weighted by Crippen LogP contribution is 2.36. The summed E-state index contributed by atoms with van der Waals surface area (Å²) in [6.07, 6.45) is 0. The van der Waals surface area contributed by atoms with Gasteiger partial charge in [0.05, 0.1) is 0 Å². The summed E-state index contributed by atoms with van der Waals surface area (Å²) in [4.78, 5) is 0. The standard InChI is InChI=1S/C24H16O/c1-2-8-17(9-3-1)19-10-4-5-11-20(19)18-14-15-24-22(16-18)21-12-6-7-13-23(21)25-24/h1-16H. The first-order chi connectivity index (χ1) is 12.4. The molecule has 5 rings (SSSR count). The minimum Gasteiger partial charge on any atom is -0.456 e. The number of fused-ring (bicyclic) bond motifs is 3. The van der Waals surface area contributed by atoms with Crippen LogP contribution >= 0.6 is 0 Å². The minimum atomic E-state index is 0.933. The van der Waals surface area contributed by atoms with Gasteiger partial charge in [-0.1, -0.05) is 78.9 Å². The van der Waals surface area contributed by atoms with Crippen molar-refractivity contribution in [2.45, 2.75) is 0 Å². The van der Waals surface area contributed by atoms with Gasteiger partial charge < -0.3 is 4.42 Å². The number of hydrogen-bond acceptors (Lipinski definition) is 1. The first-order valence-electron chi connectivity index (χ1n) is 8.46. The van der Waals surface area contributed by atoms with Gasteiger partial charge in [0.2, 0.25) is 0 Å². The Labute approximate surface area is 146 Å². The predicted molar refractivity (Wildman–Crippen MR) is 105 cm³/mol. The Morgan fingerprint density at radius 1 is 0.440 bits per heavy atom. The largest absolute Gasteiger partial charge is 0.456 e. The van der Waals surface area contributed by atoms with E-state index in [0.717, 1.165) is 21.9 Å². The van der Waals surface area contributed by atoms with Crippen molar-refractivity contribution in [2.75, 3.05) is 0 Å². The zero-order chi connectivity index (χ0) is 16.6. The molecule has 0 saturated heterocycles. The maximum atomic E-state index is 5.96. The van der Waals surface area contributed by atoms with E-state index >= 15 is 0 Å². The van der Waals surface area contributed by atoms with E-state index in [2.05, 4.69) is 84.9 Å². The van der Waals surface area contributed by atoms with E-state index in [-0.39, 0.29) is 0 Å². The second kappa shape index (κ2) is 5.64. The summed E-state index contributed by atoms with van der Waals surface area (Å²) in [5.41, 5.74) is 6.79. The minimum absolute atomic E-state index is 0.933. The van der Waals surface area contributed by atoms with Crippen LogP contribution in [0, 0.1) is 0 Å². The van der Waals surface area contributed by atoms with Crippen LogP contribution in [0.25, 0.3) is 44.2 Å². The quantitative estimate of drug-likeness (QED) is 0.344. The van der Waals surface area contributed by atoms with E-state index < -0.39 is 0 Å². The molecule has 0 bridgehead atoms. The molecule has 0 radical (unpaired) electrons. The summed E-state index contributed by atoms with van der Waals surface area (Å²) in [6, 6.07) is 33.8. The van der Waals surface area contributed by atoms with Gasteiger partial charge in [0, 0.05) is 10.8 Å². The van der Waals surface area contributed by atoms with Crippen LogP contribution in [0.4, 0.5) is 0 Å². The molecule has 0 unspecified atom stereocenters. The Morgan fingerprint density at radius 3 is 1.92 bits per heavy atom. The maximum absolute atomic E-state index is 5.96. The average molecular weight is 320 g/mol. The zero-order valence-corrected chi connectivity index (χ0v) is 13.6. The maximum Gasteiger partial charge on any atom is 0.135 e. The van der Waals surface area contributed by atoms with E-state index in [4.69, 9.17) is 4.42 Å². The molecule has 0 fully saturated rings. The Bertz CT molecular complexity index is 1180. The molecule has 1 heterocycles. The summed E-state index contributed by atoms with van der Waals surface area (Å²) < 4.78 is 5.96. The fourth-order valence-electron chi connectivity index (χ4n) is 3.50. The smallest absolute Gasteiger partial charge is 0.135 e. The van der Waals surface area contributed by atoms with E-state index in [1.165, 1.54) is 22.3 Å². The molecule has 5 aromatic rings. The molecule has 118 valence electrons. The molecule has 0 amide bonds. The molecule has 0 aliphatic rings. The fourth-order valence-corrected chi connectivity index (χ4v) is 3.50. The lowest BCUT2D eigenvalue weighted by Crippen LogP contribution is -1.84. The van der Waals surface area contributed by atoms with Crippen molar-refractivity contribution in [2.24, 2.45) is 0 Å². The van der Waals surface area contributed by atoms with Crippen molar-refractivity contribution >= 4 is 21.9 Å². The molecule has 0 spiro atoms. The second-order valence-electron chi connectivity index (χ2n) is 6.22. The van der Waals surface area contributed by atoms with Gasteiger partial charge >= 0.3 is 0 Å². The lowest BCUT2D eigenvalue weighted by Gasteiger charge is -2.10. The number of para-hydroxylation sites is 1. The molecule has 4 aromatic carbocycles. The Kier molecular flexibility index (Phi) is 3.17. The lowest BCUT2D eigenvalue weighted by atomic mass is 9.94. The topological polar surface area (TPSA) is 13.1 Å². The number of hydrogen-bond donors (Lipinski definition) is 0. The highest BCUT2D eigenvalue weighted by Gasteiger charge is 2.10. The molecule has 1 heteroatoms. The SMILES string of the molecule is c1ccc(-c2ccccc2-c2ccc3oc4ccccc4c3c2)cc1. The van der Waals surface area contributed by atoms with Gasteiger partial charge in [-0.15, -0.1) is 0 Å². The van der Waals surface area contributed by atoms with Crippen molar-refractivity contribution in [3.05, 3.63) is 97.1 Å². The van der Waals surface area contributed by atoms with Crippen molar-refractivity contribution in [1.29, 1.82) is 0 Å². The van der Waals surface area contributed by atoms with Crippen molar-refractivity contribution < 1.29 is 4.42 Å². The van der Waals surface area contributed by atoms with Crippen LogP contribution in [0.15, 0.2) is 101 Å². The number of furan rings is 1. The van der Waals surface area contributed by atoms with Gasteiger partial charge in [-0.2, -0.15) is 0 Å². The van der Waals surface area contributed by atoms with Gasteiger partial charge in [-0.25, -0.2) is 0 Å². The van der Waals surface area contributed by atoms with Gasteiger partial charge in [0.15, 0.2) is 0 Å². The molecule has 0 saturated carbocycles. The average Bonchev–Trinajstić information content (AvgIpc) is 3.06. The molecule has 1 aromatic heterocycles. The predicted octanol–water partition coefficient (Wildman–Crippen LogP) is 6.92. The zero-order valence-electron chi connectivity index (χ0n) is 13.6. The van der Waals surface area contributed by atoms with Crippen LogP contribution in [0.5, 0.6) is 0 Å². The van der Waals surface area contributed by atoms with Crippen LogP contribution < -0.4 is 0 Å². The third-order valence-corrected chi connectivity index (χ3v) is 4.70. The van der Waals surface area contributed by atoms with Crippen LogP contribution in [-0.4, -0.2) is 0 Å². The summed E-state index contributed by atoms with van der Waals surface area (Å²) >= 11 is 0. The second-order valence-corrected chi connectivity index (χ2v) is 6.22. The van der Waals surface area contributed by atoms with Crippen molar-refractivity contribution in [3.63, 3.8) is 0 Å². The van der Waals surface area contributed by atoms with E-state index in [9.17, 15) is 0 Å². The highest BCUT2D eigenvalue weighted by molar-refractivity contribution is 6.06. The van der Waals surface area contributed by atoms with Gasteiger partial charge in [0.25, 0.3) is 0 Å². The number of benzene rings is 4. The Balaban J connectivity index is 1.75. The van der Waals surface area contributed by atoms with E-state index in [0.29, 0.717) is 0 Å². The van der Waals surface area contributed by atoms with Gasteiger partial charge in [-0.05, 0) is 40.5 Å². The van der Waals surface area contributed by atoms with E-state index in [1.807, 2.05) is 12.1 Å². The summed E-state index contributed by atoms with van der Waals surface area (Å²) in [6.45, 7) is 0. The Morgan fingerprint density at radius 2 is 1.08 bits per heavy atom. The molecular weight excluding hydrogens is 304 g/mol. The third kappa shape index (κ3) is 2.33. The van der Waals surface area contributed by atoms with Crippen LogP contribution in [0.2, 0.25) is 0 Å². The normalized spacial score (nSPS) is 11.2. The first kappa shape index (κ1) is 14.1. The van der Waals surface area contributed by atoms with Gasteiger partial charge in [0.1, 0.15) is 11.2 Å². The molecule has 0 N–H and O–H groups in total. The van der Waals surface area contributed by atoms with Crippen molar-refractivity contribution in [1.82, 2.24) is 0 Å². The van der Waals surface area contributed by atoms with E-state index in [1.54, 1.807) is 0 Å². The summed E-state index contributed by atoms with van der Waals surface area (Å²) in [5.74, 6) is 0. The number of rotatable bonds is 2. The molecule has 0 aliphatic heterocycles. The van der Waals surface area contributed by atoms with Crippen LogP contribution in [0.1, 0.15) is 0 Å². The summed E-state index contributed by atoms with van der Waals surface area (Å²) in [5, 5.41) is 2.33.